The van der Waals surface area contributed by atoms with Crippen molar-refractivity contribution in [1.82, 2.24) is 0 Å². The minimum Gasteiger partial charge on any atom is -0.493 e. The average molecular weight is 418 g/mol. The van der Waals surface area contributed by atoms with E-state index in [1.165, 1.54) is 17.0 Å². The number of hydrogen-bond donors (Lipinski definition) is 1. The molecule has 4 rings (SSSR count). The molecule has 0 aromatic heterocycles. The van der Waals surface area contributed by atoms with Crippen LogP contribution in [0, 0.1) is 5.82 Å². The Bertz CT molecular complexity index is 959. The number of amides is 1. The predicted octanol–water partition coefficient (Wildman–Crippen LogP) is 3.47. The third-order valence-electron chi connectivity index (χ3n) is 5.52. The molecule has 1 atom stereocenters. The molecule has 152 valence electrons. The largest absolute Gasteiger partial charge is 0.493 e. The lowest BCUT2D eigenvalue weighted by atomic mass is 9.92. The quantitative estimate of drug-likeness (QED) is 0.756. The van der Waals surface area contributed by atoms with E-state index in [4.69, 9.17) is 16.3 Å². The first-order valence-electron chi connectivity index (χ1n) is 9.65. The number of benzene rings is 2. The standard InChI is InChI=1S/C22H21ClFNO4/c23-16-10-14(11-17(24)13-16)3-6-20(26)22(28)7-8-25(21(22)27)18-4-5-19-15(12-18)2-1-9-29-19/h4-5,10-13,28H,1-3,6-9H2/t22-/m1/s1. The first-order chi connectivity index (χ1) is 13.9. The zero-order valence-corrected chi connectivity index (χ0v) is 16.5. The summed E-state index contributed by atoms with van der Waals surface area (Å²) in [6.45, 7) is 0.937. The fraction of sp³-hybridized carbons (Fsp3) is 0.364. The summed E-state index contributed by atoms with van der Waals surface area (Å²) in [5, 5.41) is 11.1. The Morgan fingerprint density at radius 1 is 1.28 bits per heavy atom. The van der Waals surface area contributed by atoms with Crippen LogP contribution in [0.5, 0.6) is 5.75 Å². The number of aliphatic hydroxyl groups is 1. The van der Waals surface area contributed by atoms with Crippen LogP contribution in [0.15, 0.2) is 36.4 Å². The molecule has 1 N–H and O–H groups in total. The predicted molar refractivity (Wildman–Crippen MR) is 107 cm³/mol. The number of nitrogens with zero attached hydrogens (tertiary/aromatic N) is 1. The number of hydrogen-bond acceptors (Lipinski definition) is 4. The molecule has 2 aliphatic heterocycles. The maximum absolute atomic E-state index is 13.5. The van der Waals surface area contributed by atoms with Crippen LogP contribution in [0.25, 0.3) is 0 Å². The molecule has 0 saturated carbocycles. The number of aryl methyl sites for hydroxylation is 2. The molecule has 0 bridgehead atoms. The van der Waals surface area contributed by atoms with Crippen molar-refractivity contribution in [3.05, 3.63) is 58.4 Å². The van der Waals surface area contributed by atoms with Gasteiger partial charge in [-0.05, 0) is 66.8 Å². The Kier molecular flexibility index (Phi) is 5.32. The number of ether oxygens (including phenoxy) is 1. The number of halogens is 2. The normalized spacial score (nSPS) is 21.1. The maximum Gasteiger partial charge on any atom is 0.266 e. The lowest BCUT2D eigenvalue weighted by Crippen LogP contribution is -2.47. The maximum atomic E-state index is 13.5. The molecule has 0 spiro atoms. The summed E-state index contributed by atoms with van der Waals surface area (Å²) in [5.41, 5.74) is 0.166. The number of carbonyl (C=O) groups excluding carboxylic acids is 2. The second-order valence-electron chi connectivity index (χ2n) is 7.51. The lowest BCUT2D eigenvalue weighted by molar-refractivity contribution is -0.147. The van der Waals surface area contributed by atoms with Gasteiger partial charge in [-0.25, -0.2) is 4.39 Å². The molecule has 5 nitrogen and oxygen atoms in total. The number of ketones is 1. The monoisotopic (exact) mass is 417 g/mol. The SMILES string of the molecule is O=C(CCc1cc(F)cc(Cl)c1)[C@]1(O)CCN(c2ccc3c(c2)CCCO3)C1=O. The topological polar surface area (TPSA) is 66.8 Å². The molecule has 1 saturated heterocycles. The highest BCUT2D eigenvalue weighted by Gasteiger charge is 2.50. The third kappa shape index (κ3) is 3.87. The summed E-state index contributed by atoms with van der Waals surface area (Å²) in [7, 11) is 0. The van der Waals surface area contributed by atoms with E-state index >= 15 is 0 Å². The molecule has 2 aliphatic rings. The number of anilines is 1. The van der Waals surface area contributed by atoms with E-state index in [-0.39, 0.29) is 30.8 Å². The molecular weight excluding hydrogens is 397 g/mol. The van der Waals surface area contributed by atoms with Gasteiger partial charge < -0.3 is 14.7 Å². The van der Waals surface area contributed by atoms with Crippen LogP contribution in [0.3, 0.4) is 0 Å². The fourth-order valence-corrected chi connectivity index (χ4v) is 4.19. The van der Waals surface area contributed by atoms with E-state index in [1.54, 1.807) is 12.1 Å². The van der Waals surface area contributed by atoms with E-state index in [1.807, 2.05) is 12.1 Å². The summed E-state index contributed by atoms with van der Waals surface area (Å²) in [6.07, 6.45) is 1.93. The number of carbonyl (C=O) groups is 2. The molecule has 1 fully saturated rings. The van der Waals surface area contributed by atoms with Crippen molar-refractivity contribution in [1.29, 1.82) is 0 Å². The summed E-state index contributed by atoms with van der Waals surface area (Å²) in [4.78, 5) is 27.0. The van der Waals surface area contributed by atoms with Crippen LogP contribution in [-0.2, 0) is 22.4 Å². The Labute approximate surface area is 173 Å². The van der Waals surface area contributed by atoms with Crippen LogP contribution in [-0.4, -0.2) is 35.5 Å². The molecular formula is C22H21ClFNO4. The number of Topliss-reactive ketones (excluding diaryl/α,β-unsaturated/α-hetero) is 1. The summed E-state index contributed by atoms with van der Waals surface area (Å²) in [5.74, 6) is -0.854. The van der Waals surface area contributed by atoms with Crippen molar-refractivity contribution in [3.8, 4) is 5.75 Å². The molecule has 0 aliphatic carbocycles. The van der Waals surface area contributed by atoms with Crippen molar-refractivity contribution < 1.29 is 23.8 Å². The zero-order chi connectivity index (χ0) is 20.6. The smallest absolute Gasteiger partial charge is 0.266 e. The number of fused-ring (bicyclic) bond motifs is 1. The van der Waals surface area contributed by atoms with E-state index in [0.29, 0.717) is 17.9 Å². The van der Waals surface area contributed by atoms with Crippen molar-refractivity contribution in [2.75, 3.05) is 18.1 Å². The van der Waals surface area contributed by atoms with Gasteiger partial charge in [-0.1, -0.05) is 11.6 Å². The lowest BCUT2D eigenvalue weighted by Gasteiger charge is -2.23. The highest BCUT2D eigenvalue weighted by Crippen LogP contribution is 2.34. The van der Waals surface area contributed by atoms with Crippen molar-refractivity contribution >= 4 is 29.0 Å². The minimum absolute atomic E-state index is 0.0299. The first kappa shape index (κ1) is 19.9. The van der Waals surface area contributed by atoms with Crippen LogP contribution in [0.4, 0.5) is 10.1 Å². The van der Waals surface area contributed by atoms with Gasteiger partial charge in [0, 0.05) is 30.1 Å². The minimum atomic E-state index is -2.05. The van der Waals surface area contributed by atoms with Gasteiger partial charge in [-0.2, -0.15) is 0 Å². The van der Waals surface area contributed by atoms with E-state index in [2.05, 4.69) is 0 Å². The van der Waals surface area contributed by atoms with E-state index < -0.39 is 23.1 Å². The summed E-state index contributed by atoms with van der Waals surface area (Å²) in [6, 6.07) is 9.53. The van der Waals surface area contributed by atoms with Crippen LogP contribution in [0.1, 0.15) is 30.4 Å². The fourth-order valence-electron chi connectivity index (χ4n) is 3.95. The van der Waals surface area contributed by atoms with Gasteiger partial charge in [0.15, 0.2) is 5.78 Å². The van der Waals surface area contributed by atoms with Crippen LogP contribution >= 0.6 is 11.6 Å². The molecule has 1 amide bonds. The van der Waals surface area contributed by atoms with E-state index in [9.17, 15) is 19.1 Å². The Hall–Kier alpha value is -2.44. The first-order valence-corrected chi connectivity index (χ1v) is 10.0. The second kappa shape index (κ2) is 7.76. The van der Waals surface area contributed by atoms with Crippen LogP contribution in [0.2, 0.25) is 5.02 Å². The molecule has 2 aromatic carbocycles. The van der Waals surface area contributed by atoms with Crippen molar-refractivity contribution in [2.45, 2.75) is 37.7 Å². The van der Waals surface area contributed by atoms with Gasteiger partial charge in [0.25, 0.3) is 5.91 Å². The number of rotatable bonds is 5. The average Bonchev–Trinajstić information content (AvgIpc) is 3.01. The van der Waals surface area contributed by atoms with Crippen LogP contribution < -0.4 is 9.64 Å². The van der Waals surface area contributed by atoms with Gasteiger partial charge in [-0.3, -0.25) is 9.59 Å². The third-order valence-corrected chi connectivity index (χ3v) is 5.74. The van der Waals surface area contributed by atoms with Gasteiger partial charge in [0.05, 0.1) is 6.61 Å². The highest BCUT2D eigenvalue weighted by molar-refractivity contribution is 6.30. The van der Waals surface area contributed by atoms with Gasteiger partial charge in [0.2, 0.25) is 5.60 Å². The van der Waals surface area contributed by atoms with Crippen molar-refractivity contribution in [3.63, 3.8) is 0 Å². The van der Waals surface area contributed by atoms with Gasteiger partial charge in [0.1, 0.15) is 11.6 Å². The highest BCUT2D eigenvalue weighted by atomic mass is 35.5. The molecule has 2 aromatic rings. The summed E-state index contributed by atoms with van der Waals surface area (Å²) < 4.78 is 19.1. The molecule has 0 unspecified atom stereocenters. The van der Waals surface area contributed by atoms with E-state index in [0.717, 1.165) is 24.2 Å². The Morgan fingerprint density at radius 3 is 2.90 bits per heavy atom. The Balaban J connectivity index is 1.47. The second-order valence-corrected chi connectivity index (χ2v) is 7.95. The molecule has 7 heteroatoms. The summed E-state index contributed by atoms with van der Waals surface area (Å²) >= 11 is 5.84. The van der Waals surface area contributed by atoms with Gasteiger partial charge in [-0.15, -0.1) is 0 Å². The molecule has 2 heterocycles. The molecule has 0 radical (unpaired) electrons. The Morgan fingerprint density at radius 2 is 2.10 bits per heavy atom. The van der Waals surface area contributed by atoms with Gasteiger partial charge >= 0.3 is 0 Å². The molecule has 29 heavy (non-hydrogen) atoms. The van der Waals surface area contributed by atoms with Crippen molar-refractivity contribution in [2.24, 2.45) is 0 Å². The zero-order valence-electron chi connectivity index (χ0n) is 15.8.